The number of benzene rings is 2. The number of H-pyrrole nitrogens is 1. The van der Waals surface area contributed by atoms with Gasteiger partial charge in [0.05, 0.1) is 16.6 Å². The zero-order valence-corrected chi connectivity index (χ0v) is 13.9. The number of rotatable bonds is 2. The number of carbonyl (C=O) groups is 2. The van der Waals surface area contributed by atoms with Crippen molar-refractivity contribution in [2.24, 2.45) is 0 Å². The monoisotopic (exact) mass is 342 g/mol. The summed E-state index contributed by atoms with van der Waals surface area (Å²) in [5.41, 5.74) is 3.91. The fourth-order valence-corrected chi connectivity index (χ4v) is 3.51. The van der Waals surface area contributed by atoms with Crippen LogP contribution >= 0.6 is 0 Å². The van der Waals surface area contributed by atoms with Crippen molar-refractivity contribution in [2.45, 2.75) is 0 Å². The topological polar surface area (TPSA) is 71.0 Å². The molecule has 2 aromatic heterocycles. The Labute approximate surface area is 148 Å². The molecule has 0 radical (unpaired) electrons. The van der Waals surface area contributed by atoms with Gasteiger partial charge in [0.2, 0.25) is 0 Å². The molecule has 1 aliphatic heterocycles. The Morgan fingerprint density at radius 2 is 1.73 bits per heavy atom. The molecule has 0 atom stereocenters. The summed E-state index contributed by atoms with van der Waals surface area (Å²) in [5.74, 6) is -0.647. The van der Waals surface area contributed by atoms with E-state index in [0.29, 0.717) is 11.3 Å². The maximum absolute atomic E-state index is 12.9. The van der Waals surface area contributed by atoms with Crippen LogP contribution in [0.3, 0.4) is 0 Å². The predicted molar refractivity (Wildman–Crippen MR) is 98.9 cm³/mol. The molecule has 6 nitrogen and oxygen atoms in total. The molecule has 4 aromatic rings. The molecule has 5 rings (SSSR count). The smallest absolute Gasteiger partial charge is 0.278 e. The van der Waals surface area contributed by atoms with Crippen molar-refractivity contribution < 1.29 is 9.59 Å². The van der Waals surface area contributed by atoms with Gasteiger partial charge in [-0.2, -0.15) is 0 Å². The van der Waals surface area contributed by atoms with E-state index < -0.39 is 0 Å². The summed E-state index contributed by atoms with van der Waals surface area (Å²) in [6.45, 7) is 0. The lowest BCUT2D eigenvalue weighted by Gasteiger charge is -2.07. The lowest BCUT2D eigenvalue weighted by Crippen LogP contribution is -2.27. The summed E-state index contributed by atoms with van der Waals surface area (Å²) in [4.78, 5) is 34.5. The van der Waals surface area contributed by atoms with Crippen molar-refractivity contribution in [3.05, 3.63) is 66.6 Å². The number of aromatic amines is 1. The average molecular weight is 342 g/mol. The van der Waals surface area contributed by atoms with Crippen molar-refractivity contribution in [2.75, 3.05) is 7.05 Å². The molecular formula is C20H14N4O2. The molecule has 0 fully saturated rings. The van der Waals surface area contributed by atoms with E-state index in [2.05, 4.69) is 9.97 Å². The van der Waals surface area contributed by atoms with E-state index in [1.807, 2.05) is 48.5 Å². The predicted octanol–water partition coefficient (Wildman–Crippen LogP) is 2.88. The van der Waals surface area contributed by atoms with Crippen LogP contribution < -0.4 is 0 Å². The largest absolute Gasteiger partial charge is 0.361 e. The molecule has 2 amide bonds. The summed E-state index contributed by atoms with van der Waals surface area (Å²) < 4.78 is 1.70. The molecule has 0 unspecified atom stereocenters. The van der Waals surface area contributed by atoms with Gasteiger partial charge in [-0.05, 0) is 18.2 Å². The van der Waals surface area contributed by atoms with Crippen LogP contribution in [0.5, 0.6) is 0 Å². The van der Waals surface area contributed by atoms with Crippen molar-refractivity contribution in [1.29, 1.82) is 0 Å². The molecule has 0 aliphatic carbocycles. The van der Waals surface area contributed by atoms with Crippen LogP contribution in [-0.2, 0) is 9.59 Å². The Morgan fingerprint density at radius 1 is 0.962 bits per heavy atom. The fourth-order valence-electron chi connectivity index (χ4n) is 3.51. The number of nitrogens with one attached hydrogen (secondary N) is 1. The summed E-state index contributed by atoms with van der Waals surface area (Å²) in [7, 11) is 1.51. The van der Waals surface area contributed by atoms with Gasteiger partial charge in [-0.25, -0.2) is 4.98 Å². The first-order valence-corrected chi connectivity index (χ1v) is 8.22. The van der Waals surface area contributed by atoms with Crippen molar-refractivity contribution in [3.63, 3.8) is 0 Å². The van der Waals surface area contributed by atoms with Crippen LogP contribution in [0, 0.1) is 0 Å². The summed E-state index contributed by atoms with van der Waals surface area (Å²) in [6, 6.07) is 15.3. The minimum absolute atomic E-state index is 0.312. The van der Waals surface area contributed by atoms with Crippen LogP contribution in [-0.4, -0.2) is 38.3 Å². The quantitative estimate of drug-likeness (QED) is 0.570. The molecule has 0 saturated heterocycles. The number of para-hydroxylation sites is 3. The van der Waals surface area contributed by atoms with Crippen LogP contribution in [0.4, 0.5) is 0 Å². The number of aromatic nitrogens is 3. The second-order valence-corrected chi connectivity index (χ2v) is 6.24. The van der Waals surface area contributed by atoms with Crippen LogP contribution in [0.15, 0.2) is 61.1 Å². The highest BCUT2D eigenvalue weighted by atomic mass is 16.2. The third kappa shape index (κ3) is 1.84. The van der Waals surface area contributed by atoms with E-state index in [-0.39, 0.29) is 11.8 Å². The zero-order valence-electron chi connectivity index (χ0n) is 13.9. The Bertz CT molecular complexity index is 1150. The Kier molecular flexibility index (Phi) is 2.91. The highest BCUT2D eigenvalue weighted by molar-refractivity contribution is 6.47. The second kappa shape index (κ2) is 5.16. The molecule has 0 saturated carbocycles. The van der Waals surface area contributed by atoms with E-state index in [4.69, 9.17) is 0 Å². The number of imidazole rings is 1. The zero-order chi connectivity index (χ0) is 17.8. The Morgan fingerprint density at radius 3 is 2.62 bits per heavy atom. The minimum atomic E-state index is -0.335. The van der Waals surface area contributed by atoms with Gasteiger partial charge in [0.1, 0.15) is 12.0 Å². The van der Waals surface area contributed by atoms with E-state index >= 15 is 0 Å². The van der Waals surface area contributed by atoms with Crippen molar-refractivity contribution in [1.82, 2.24) is 19.4 Å². The second-order valence-electron chi connectivity index (χ2n) is 6.24. The van der Waals surface area contributed by atoms with Gasteiger partial charge in [-0.1, -0.05) is 30.3 Å². The van der Waals surface area contributed by atoms with Gasteiger partial charge < -0.3 is 4.98 Å². The van der Waals surface area contributed by atoms with Crippen molar-refractivity contribution >= 4 is 45.0 Å². The lowest BCUT2D eigenvalue weighted by atomic mass is 10.0. The first-order chi connectivity index (χ1) is 12.7. The molecule has 0 spiro atoms. The molecular weight excluding hydrogens is 328 g/mol. The van der Waals surface area contributed by atoms with E-state index in [1.165, 1.54) is 7.05 Å². The van der Waals surface area contributed by atoms with E-state index in [9.17, 15) is 9.59 Å². The normalized spacial score (nSPS) is 15.0. The highest BCUT2D eigenvalue weighted by Gasteiger charge is 2.39. The standard InChI is InChI=1S/C20H14N4O2/c1-23-19(25)17(13-10-21-14-7-3-2-6-12(13)14)18(20(23)26)24-11-22-15-8-4-5-9-16(15)24/h2-11,21H,1H3. The summed E-state index contributed by atoms with van der Waals surface area (Å²) in [6.07, 6.45) is 3.38. The summed E-state index contributed by atoms with van der Waals surface area (Å²) in [5, 5.41) is 0.904. The van der Waals surface area contributed by atoms with Crippen LogP contribution in [0.2, 0.25) is 0 Å². The highest BCUT2D eigenvalue weighted by Crippen LogP contribution is 2.36. The molecule has 3 heterocycles. The molecule has 26 heavy (non-hydrogen) atoms. The maximum atomic E-state index is 12.9. The molecule has 2 aromatic carbocycles. The van der Waals surface area contributed by atoms with Gasteiger partial charge in [0.25, 0.3) is 11.8 Å². The van der Waals surface area contributed by atoms with Gasteiger partial charge in [-0.3, -0.25) is 19.1 Å². The van der Waals surface area contributed by atoms with Gasteiger partial charge in [0, 0.05) is 29.7 Å². The maximum Gasteiger partial charge on any atom is 0.278 e. The number of imide groups is 1. The molecule has 0 bridgehead atoms. The SMILES string of the molecule is CN1C(=O)C(c2c[nH]c3ccccc23)=C(n2cnc3ccccc32)C1=O. The fraction of sp³-hybridized carbons (Fsp3) is 0.0500. The molecule has 1 N–H and O–H groups in total. The number of nitrogens with zero attached hydrogens (tertiary/aromatic N) is 3. The van der Waals surface area contributed by atoms with E-state index in [1.54, 1.807) is 17.1 Å². The van der Waals surface area contributed by atoms with Crippen molar-refractivity contribution in [3.8, 4) is 0 Å². The Hall–Kier alpha value is -3.67. The van der Waals surface area contributed by atoms with Gasteiger partial charge >= 0.3 is 0 Å². The summed E-state index contributed by atoms with van der Waals surface area (Å²) >= 11 is 0. The number of hydrogen-bond acceptors (Lipinski definition) is 3. The number of carbonyl (C=O) groups excluding carboxylic acids is 2. The van der Waals surface area contributed by atoms with E-state index in [0.717, 1.165) is 32.4 Å². The van der Waals surface area contributed by atoms with Gasteiger partial charge in [-0.15, -0.1) is 0 Å². The first kappa shape index (κ1) is 14.7. The number of amides is 2. The molecule has 1 aliphatic rings. The van der Waals surface area contributed by atoms with Crippen LogP contribution in [0.1, 0.15) is 5.56 Å². The van der Waals surface area contributed by atoms with Crippen LogP contribution in [0.25, 0.3) is 33.2 Å². The third-order valence-electron chi connectivity index (χ3n) is 4.82. The Balaban J connectivity index is 1.86. The average Bonchev–Trinajstić information content (AvgIpc) is 3.33. The number of fused-ring (bicyclic) bond motifs is 2. The lowest BCUT2D eigenvalue weighted by molar-refractivity contribution is -0.134. The first-order valence-electron chi connectivity index (χ1n) is 8.22. The number of hydrogen-bond donors (Lipinski definition) is 1. The number of likely N-dealkylation sites (N-methyl/N-ethyl adjacent to an activating group) is 1. The minimum Gasteiger partial charge on any atom is -0.361 e. The molecule has 126 valence electrons. The van der Waals surface area contributed by atoms with Gasteiger partial charge in [0.15, 0.2) is 0 Å². The molecule has 6 heteroatoms. The third-order valence-corrected chi connectivity index (χ3v) is 4.82.